The van der Waals surface area contributed by atoms with Gasteiger partial charge in [-0.2, -0.15) is 0 Å². The lowest BCUT2D eigenvalue weighted by Gasteiger charge is -2.25. The van der Waals surface area contributed by atoms with E-state index in [-0.39, 0.29) is 21.9 Å². The minimum absolute atomic E-state index is 0.0182. The molecule has 1 saturated heterocycles. The molecule has 0 bridgehead atoms. The SMILES string of the molecule is COC(=O)[C@H]1SC(C(C)(C)C)S[C@H]1C(=O)OC. The second kappa shape index (κ2) is 5.52. The predicted octanol–water partition coefficient (Wildman–Crippen LogP) is 1.92. The van der Waals surface area contributed by atoms with Gasteiger partial charge in [0.15, 0.2) is 0 Å². The molecule has 1 aliphatic heterocycles. The zero-order chi connectivity index (χ0) is 13.2. The van der Waals surface area contributed by atoms with Gasteiger partial charge in [0.05, 0.1) is 18.8 Å². The third-order valence-corrected chi connectivity index (χ3v) is 6.65. The topological polar surface area (TPSA) is 52.6 Å². The van der Waals surface area contributed by atoms with Gasteiger partial charge in [-0.25, -0.2) is 0 Å². The summed E-state index contributed by atoms with van der Waals surface area (Å²) in [5, 5.41) is -0.941. The van der Waals surface area contributed by atoms with E-state index in [4.69, 9.17) is 9.47 Å². The minimum atomic E-state index is -0.471. The highest BCUT2D eigenvalue weighted by Gasteiger charge is 2.48. The predicted molar refractivity (Wildman–Crippen MR) is 70.0 cm³/mol. The highest BCUT2D eigenvalue weighted by atomic mass is 32.2. The molecule has 0 saturated carbocycles. The second-order valence-electron chi connectivity index (χ2n) is 4.86. The molecule has 6 heteroatoms. The number of esters is 2. The van der Waals surface area contributed by atoms with Gasteiger partial charge in [0.2, 0.25) is 0 Å². The summed E-state index contributed by atoms with van der Waals surface area (Å²) in [6.45, 7) is 6.27. The molecule has 1 aliphatic rings. The van der Waals surface area contributed by atoms with E-state index in [0.717, 1.165) is 0 Å². The molecule has 98 valence electrons. The van der Waals surface area contributed by atoms with Crippen molar-refractivity contribution >= 4 is 35.5 Å². The molecule has 0 aromatic rings. The van der Waals surface area contributed by atoms with Crippen molar-refractivity contribution in [1.82, 2.24) is 0 Å². The van der Waals surface area contributed by atoms with Crippen molar-refractivity contribution in [2.75, 3.05) is 14.2 Å². The fourth-order valence-corrected chi connectivity index (χ4v) is 5.07. The van der Waals surface area contributed by atoms with E-state index in [1.807, 2.05) is 0 Å². The van der Waals surface area contributed by atoms with Crippen LogP contribution in [0.5, 0.6) is 0 Å². The molecule has 1 heterocycles. The van der Waals surface area contributed by atoms with E-state index in [0.29, 0.717) is 0 Å². The Labute approximate surface area is 110 Å². The summed E-state index contributed by atoms with van der Waals surface area (Å²) in [7, 11) is 2.68. The van der Waals surface area contributed by atoms with Gasteiger partial charge in [0.25, 0.3) is 0 Å². The van der Waals surface area contributed by atoms with Crippen LogP contribution in [-0.4, -0.2) is 41.2 Å². The first kappa shape index (κ1) is 14.7. The molecule has 3 atom stereocenters. The summed E-state index contributed by atoms with van der Waals surface area (Å²) in [4.78, 5) is 23.3. The maximum absolute atomic E-state index is 11.7. The maximum atomic E-state index is 11.7. The Bertz CT molecular complexity index is 287. The van der Waals surface area contributed by atoms with Crippen molar-refractivity contribution in [1.29, 1.82) is 0 Å². The molecule has 17 heavy (non-hydrogen) atoms. The zero-order valence-corrected chi connectivity index (χ0v) is 12.3. The Kier molecular flexibility index (Phi) is 4.77. The van der Waals surface area contributed by atoms with Gasteiger partial charge in [-0.05, 0) is 5.41 Å². The highest BCUT2D eigenvalue weighted by Crippen LogP contribution is 2.51. The monoisotopic (exact) mass is 278 g/mol. The van der Waals surface area contributed by atoms with Gasteiger partial charge in [-0.15, -0.1) is 23.5 Å². The first-order chi connectivity index (χ1) is 7.81. The van der Waals surface area contributed by atoms with Crippen LogP contribution in [0.1, 0.15) is 20.8 Å². The molecule has 0 amide bonds. The lowest BCUT2D eigenvalue weighted by Crippen LogP contribution is -2.33. The minimum Gasteiger partial charge on any atom is -0.468 e. The normalized spacial score (nSPS) is 28.9. The van der Waals surface area contributed by atoms with Gasteiger partial charge in [-0.1, -0.05) is 20.8 Å². The van der Waals surface area contributed by atoms with Crippen LogP contribution in [-0.2, 0) is 19.1 Å². The molecule has 1 rings (SSSR count). The van der Waals surface area contributed by atoms with E-state index in [1.54, 1.807) is 0 Å². The van der Waals surface area contributed by atoms with Crippen molar-refractivity contribution in [2.24, 2.45) is 5.41 Å². The third kappa shape index (κ3) is 3.31. The van der Waals surface area contributed by atoms with Gasteiger partial charge in [-0.3, -0.25) is 9.59 Å². The first-order valence-corrected chi connectivity index (χ1v) is 7.16. The van der Waals surface area contributed by atoms with E-state index in [9.17, 15) is 9.59 Å². The number of hydrogen-bond donors (Lipinski definition) is 0. The Balaban J connectivity index is 2.87. The van der Waals surface area contributed by atoms with Crippen LogP contribution in [0.15, 0.2) is 0 Å². The van der Waals surface area contributed by atoms with Crippen LogP contribution >= 0.6 is 23.5 Å². The van der Waals surface area contributed by atoms with Crippen molar-refractivity contribution in [3.05, 3.63) is 0 Å². The first-order valence-electron chi connectivity index (χ1n) is 5.28. The molecule has 1 fully saturated rings. The fourth-order valence-electron chi connectivity index (χ4n) is 1.44. The number of thioether (sulfide) groups is 2. The summed E-state index contributed by atoms with van der Waals surface area (Å²) in [6.07, 6.45) is 0. The van der Waals surface area contributed by atoms with E-state index >= 15 is 0 Å². The van der Waals surface area contributed by atoms with Crippen molar-refractivity contribution in [3.63, 3.8) is 0 Å². The Morgan fingerprint density at radius 3 is 1.53 bits per heavy atom. The molecular formula is C11H18O4S2. The molecule has 0 aromatic carbocycles. The van der Waals surface area contributed by atoms with Crippen LogP contribution in [0.3, 0.4) is 0 Å². The van der Waals surface area contributed by atoms with Gasteiger partial charge >= 0.3 is 11.9 Å². The van der Waals surface area contributed by atoms with Gasteiger partial charge < -0.3 is 9.47 Å². The largest absolute Gasteiger partial charge is 0.468 e. The molecular weight excluding hydrogens is 260 g/mol. The Morgan fingerprint density at radius 1 is 0.941 bits per heavy atom. The van der Waals surface area contributed by atoms with E-state index in [2.05, 4.69) is 20.8 Å². The lowest BCUT2D eigenvalue weighted by atomic mass is 10.0. The summed E-state index contributed by atoms with van der Waals surface area (Å²) >= 11 is 2.98. The molecule has 0 radical (unpaired) electrons. The number of ether oxygens (including phenoxy) is 2. The average Bonchev–Trinajstić information content (AvgIpc) is 2.71. The zero-order valence-electron chi connectivity index (χ0n) is 10.7. The fraction of sp³-hybridized carbons (Fsp3) is 0.818. The van der Waals surface area contributed by atoms with Crippen LogP contribution in [0.4, 0.5) is 0 Å². The van der Waals surface area contributed by atoms with Crippen molar-refractivity contribution < 1.29 is 19.1 Å². The summed E-state index contributed by atoms with van der Waals surface area (Å²) < 4.78 is 9.65. The number of hydrogen-bond acceptors (Lipinski definition) is 6. The highest BCUT2D eigenvalue weighted by molar-refractivity contribution is 8.21. The van der Waals surface area contributed by atoms with Gasteiger partial charge in [0, 0.05) is 0 Å². The smallest absolute Gasteiger partial charge is 0.320 e. The molecule has 1 unspecified atom stereocenters. The van der Waals surface area contributed by atoms with E-state index in [1.165, 1.54) is 37.7 Å². The molecule has 0 N–H and O–H groups in total. The van der Waals surface area contributed by atoms with Gasteiger partial charge in [0.1, 0.15) is 10.5 Å². The third-order valence-electron chi connectivity index (χ3n) is 2.39. The molecule has 0 aliphatic carbocycles. The summed E-state index contributed by atoms with van der Waals surface area (Å²) in [5.74, 6) is -0.714. The maximum Gasteiger partial charge on any atom is 0.320 e. The van der Waals surface area contributed by atoms with Crippen molar-refractivity contribution in [2.45, 2.75) is 35.9 Å². The van der Waals surface area contributed by atoms with Crippen LogP contribution < -0.4 is 0 Å². The Hall–Kier alpha value is -0.360. The number of carbonyl (C=O) groups is 2. The lowest BCUT2D eigenvalue weighted by molar-refractivity contribution is -0.145. The van der Waals surface area contributed by atoms with Crippen molar-refractivity contribution in [3.8, 4) is 0 Å². The molecule has 4 nitrogen and oxygen atoms in total. The molecule has 0 spiro atoms. The Morgan fingerprint density at radius 2 is 1.29 bits per heavy atom. The quantitative estimate of drug-likeness (QED) is 0.719. The summed E-state index contributed by atoms with van der Waals surface area (Å²) in [5.41, 5.74) is 0.0182. The second-order valence-corrected chi connectivity index (χ2v) is 7.66. The number of methoxy groups -OCH3 is 2. The number of rotatable bonds is 2. The van der Waals surface area contributed by atoms with Crippen LogP contribution in [0.25, 0.3) is 0 Å². The summed E-state index contributed by atoms with van der Waals surface area (Å²) in [6, 6.07) is 0. The standard InChI is InChI=1S/C11H18O4S2/c1-11(2,3)10-16-6(8(12)14-4)7(17-10)9(13)15-5/h6-7,10H,1-5H3/t6-,7+,10?. The van der Waals surface area contributed by atoms with Crippen LogP contribution in [0, 0.1) is 5.41 Å². The van der Waals surface area contributed by atoms with Crippen LogP contribution in [0.2, 0.25) is 0 Å². The number of carbonyl (C=O) groups excluding carboxylic acids is 2. The average molecular weight is 278 g/mol. The van der Waals surface area contributed by atoms with E-state index < -0.39 is 10.5 Å². The molecule has 0 aromatic heterocycles.